The number of benzene rings is 5. The van der Waals surface area contributed by atoms with Crippen molar-refractivity contribution >= 4 is 39.8 Å². The molecule has 6 nitrogen and oxygen atoms in total. The van der Waals surface area contributed by atoms with E-state index in [2.05, 4.69) is 197 Å². The molecule has 0 unspecified atom stereocenters. The van der Waals surface area contributed by atoms with Crippen LogP contribution in [-0.2, 0) is 0 Å². The molecule has 0 spiro atoms. The molecule has 0 heterocycles. The van der Waals surface area contributed by atoms with E-state index in [1.807, 2.05) is 12.1 Å². The van der Waals surface area contributed by atoms with Gasteiger partial charge in [-0.2, -0.15) is 0 Å². The lowest BCUT2D eigenvalue weighted by atomic mass is 9.84. The van der Waals surface area contributed by atoms with Gasteiger partial charge >= 0.3 is 0 Å². The minimum absolute atomic E-state index is 0.322. The first-order valence-corrected chi connectivity index (χ1v) is 21.9. The molecule has 0 aliphatic heterocycles. The van der Waals surface area contributed by atoms with Gasteiger partial charge in [-0.3, -0.25) is 4.79 Å². The molecule has 0 bridgehead atoms. The third-order valence-corrected chi connectivity index (χ3v) is 11.8. The molecule has 1 amide bonds. The molecule has 6 heteroatoms. The molecule has 0 fully saturated rings. The van der Waals surface area contributed by atoms with Crippen LogP contribution in [0, 0.1) is 6.92 Å². The number of aryl methyl sites for hydroxylation is 1. The van der Waals surface area contributed by atoms with Crippen molar-refractivity contribution in [3.05, 3.63) is 166 Å². The molecule has 59 heavy (non-hydrogen) atoms. The summed E-state index contributed by atoms with van der Waals surface area (Å²) in [6.07, 6.45) is 4.68. The Balaban J connectivity index is 1.83. The van der Waals surface area contributed by atoms with Crippen LogP contribution in [0.5, 0.6) is 0 Å². The minimum atomic E-state index is -0.436. The lowest BCUT2D eigenvalue weighted by Gasteiger charge is -2.24. The lowest BCUT2D eigenvalue weighted by Crippen LogP contribution is -2.21. The second-order valence-electron chi connectivity index (χ2n) is 15.0. The first-order valence-electron chi connectivity index (χ1n) is 21.9. The standard InChI is InChI=1S/C53H67N5O/c1-10-55(11-2)45-27-19-40(20-28-45)50(41-21-29-46(30-22-41)56(12-3)13-4)37-44(52-36-39(9)18-35-49(52)53(54)59)38-51(42-23-31-47(32-24-42)57(14-5)15-6)43-25-33-48(34-26-43)58(16-7)17-8/h18-38,44H,10-17H2,1-9H3,(H2,54,59). The monoisotopic (exact) mass is 790 g/mol. The Morgan fingerprint density at radius 3 is 0.966 bits per heavy atom. The number of primary amides is 1. The van der Waals surface area contributed by atoms with E-state index in [4.69, 9.17) is 5.73 Å². The van der Waals surface area contributed by atoms with Gasteiger partial charge in [0.15, 0.2) is 0 Å². The number of hydrogen-bond acceptors (Lipinski definition) is 5. The van der Waals surface area contributed by atoms with Crippen LogP contribution < -0.4 is 25.3 Å². The molecule has 0 aliphatic rings. The first-order chi connectivity index (χ1) is 28.6. The highest BCUT2D eigenvalue weighted by molar-refractivity contribution is 5.95. The largest absolute Gasteiger partial charge is 0.372 e. The average molecular weight is 790 g/mol. The highest BCUT2D eigenvalue weighted by Crippen LogP contribution is 2.37. The van der Waals surface area contributed by atoms with E-state index in [1.54, 1.807) is 0 Å². The van der Waals surface area contributed by atoms with Crippen molar-refractivity contribution in [2.45, 2.75) is 68.2 Å². The number of carbonyl (C=O) groups excluding carboxylic acids is 1. The zero-order valence-electron chi connectivity index (χ0n) is 37.1. The zero-order chi connectivity index (χ0) is 42.5. The minimum Gasteiger partial charge on any atom is -0.372 e. The Bertz CT molecular complexity index is 1890. The lowest BCUT2D eigenvalue weighted by molar-refractivity contribution is 0.0999. The Hall–Kier alpha value is -5.75. The van der Waals surface area contributed by atoms with E-state index in [0.29, 0.717) is 5.56 Å². The van der Waals surface area contributed by atoms with E-state index in [-0.39, 0.29) is 5.92 Å². The predicted octanol–water partition coefficient (Wildman–Crippen LogP) is 11.8. The summed E-state index contributed by atoms with van der Waals surface area (Å²) in [6, 6.07) is 41.7. The molecular weight excluding hydrogens is 723 g/mol. The first kappa shape index (κ1) is 44.4. The molecule has 310 valence electrons. The number of nitrogens with two attached hydrogens (primary N) is 1. The fourth-order valence-corrected chi connectivity index (χ4v) is 8.25. The van der Waals surface area contributed by atoms with Gasteiger partial charge in [-0.25, -0.2) is 0 Å². The topological polar surface area (TPSA) is 56.1 Å². The maximum atomic E-state index is 13.3. The summed E-state index contributed by atoms with van der Waals surface area (Å²) >= 11 is 0. The predicted molar refractivity (Wildman–Crippen MR) is 257 cm³/mol. The van der Waals surface area contributed by atoms with Crippen molar-refractivity contribution in [2.24, 2.45) is 5.73 Å². The third-order valence-electron chi connectivity index (χ3n) is 11.8. The molecule has 0 atom stereocenters. The van der Waals surface area contributed by atoms with Gasteiger partial charge in [-0.15, -0.1) is 0 Å². The van der Waals surface area contributed by atoms with E-state index >= 15 is 0 Å². The number of rotatable bonds is 20. The summed E-state index contributed by atoms with van der Waals surface area (Å²) in [7, 11) is 0. The average Bonchev–Trinajstić information content (AvgIpc) is 3.27. The number of hydrogen-bond donors (Lipinski definition) is 1. The summed E-state index contributed by atoms with van der Waals surface area (Å²) in [5.74, 6) is -0.758. The molecule has 0 saturated heterocycles. The van der Waals surface area contributed by atoms with Crippen LogP contribution in [-0.4, -0.2) is 58.3 Å². The smallest absolute Gasteiger partial charge is 0.249 e. The summed E-state index contributed by atoms with van der Waals surface area (Å²) in [5.41, 5.74) is 20.1. The Labute approximate surface area is 355 Å². The van der Waals surface area contributed by atoms with Crippen molar-refractivity contribution in [3.8, 4) is 0 Å². The highest BCUT2D eigenvalue weighted by atomic mass is 16.1. The number of anilines is 4. The maximum absolute atomic E-state index is 13.3. The summed E-state index contributed by atoms with van der Waals surface area (Å²) < 4.78 is 0. The van der Waals surface area contributed by atoms with Gasteiger partial charge in [0.25, 0.3) is 0 Å². The Morgan fingerprint density at radius 1 is 0.458 bits per heavy atom. The van der Waals surface area contributed by atoms with E-state index in [1.165, 1.54) is 22.7 Å². The van der Waals surface area contributed by atoms with Crippen LogP contribution in [0.1, 0.15) is 105 Å². The number of allylic oxidation sites excluding steroid dienone is 2. The van der Waals surface area contributed by atoms with Crippen molar-refractivity contribution in [1.29, 1.82) is 0 Å². The van der Waals surface area contributed by atoms with Gasteiger partial charge in [0.1, 0.15) is 0 Å². The second kappa shape index (κ2) is 21.3. The van der Waals surface area contributed by atoms with E-state index in [0.717, 1.165) is 96.9 Å². The number of nitrogens with zero attached hydrogens (tertiary/aromatic N) is 4. The van der Waals surface area contributed by atoms with Crippen LogP contribution >= 0.6 is 0 Å². The van der Waals surface area contributed by atoms with Gasteiger partial charge in [0.2, 0.25) is 5.91 Å². The molecule has 0 aliphatic carbocycles. The summed E-state index contributed by atoms with van der Waals surface area (Å²) in [6.45, 7) is 27.2. The molecular formula is C53H67N5O. The summed E-state index contributed by atoms with van der Waals surface area (Å²) in [5, 5.41) is 0. The van der Waals surface area contributed by atoms with Crippen molar-refractivity contribution in [1.82, 2.24) is 0 Å². The van der Waals surface area contributed by atoms with Gasteiger partial charge in [0, 0.05) is 86.6 Å². The normalized spacial score (nSPS) is 10.9. The van der Waals surface area contributed by atoms with E-state index in [9.17, 15) is 4.79 Å². The van der Waals surface area contributed by atoms with Gasteiger partial charge in [-0.05, 0) is 156 Å². The molecule has 0 aromatic heterocycles. The molecule has 0 radical (unpaired) electrons. The third kappa shape index (κ3) is 10.7. The van der Waals surface area contributed by atoms with Crippen LogP contribution in [0.25, 0.3) is 11.1 Å². The van der Waals surface area contributed by atoms with Crippen LogP contribution in [0.2, 0.25) is 0 Å². The van der Waals surface area contributed by atoms with Gasteiger partial charge in [0.05, 0.1) is 0 Å². The van der Waals surface area contributed by atoms with Crippen molar-refractivity contribution < 1.29 is 4.79 Å². The Kier molecular flexibility index (Phi) is 16.0. The Morgan fingerprint density at radius 2 is 0.729 bits per heavy atom. The van der Waals surface area contributed by atoms with Crippen molar-refractivity contribution in [3.63, 3.8) is 0 Å². The molecule has 5 rings (SSSR count). The molecule has 2 N–H and O–H groups in total. The number of amides is 1. The number of carbonyl (C=O) groups is 1. The van der Waals surface area contributed by atoms with Crippen molar-refractivity contribution in [2.75, 3.05) is 72.0 Å². The SMILES string of the molecule is CCN(CC)c1ccc(C(=CC(C=C(c2ccc(N(CC)CC)cc2)c2ccc(N(CC)CC)cc2)c2cc(C)ccc2C(N)=O)c2ccc(N(CC)CC)cc2)cc1. The molecule has 5 aromatic rings. The van der Waals surface area contributed by atoms with Crippen LogP contribution in [0.4, 0.5) is 22.7 Å². The molecule has 5 aromatic carbocycles. The second-order valence-corrected chi connectivity index (χ2v) is 15.0. The quantitative estimate of drug-likeness (QED) is 0.0851. The van der Waals surface area contributed by atoms with Crippen LogP contribution in [0.3, 0.4) is 0 Å². The summed E-state index contributed by atoms with van der Waals surface area (Å²) in [4.78, 5) is 22.8. The maximum Gasteiger partial charge on any atom is 0.249 e. The van der Waals surface area contributed by atoms with Crippen LogP contribution in [0.15, 0.2) is 127 Å². The fraction of sp³-hybridized carbons (Fsp3) is 0.340. The zero-order valence-corrected chi connectivity index (χ0v) is 37.1. The van der Waals surface area contributed by atoms with E-state index < -0.39 is 5.91 Å². The fourth-order valence-electron chi connectivity index (χ4n) is 8.25. The van der Waals surface area contributed by atoms with Gasteiger partial charge in [-0.1, -0.05) is 78.4 Å². The van der Waals surface area contributed by atoms with Gasteiger partial charge < -0.3 is 25.3 Å². The highest BCUT2D eigenvalue weighted by Gasteiger charge is 2.21. The molecule has 0 saturated carbocycles.